The molecule has 0 radical (unpaired) electrons. The summed E-state index contributed by atoms with van der Waals surface area (Å²) in [4.78, 5) is 0. The number of unbranched alkanes of at least 4 members (excludes halogenated alkanes) is 9. The Kier molecular flexibility index (Phi) is 18.8. The third kappa shape index (κ3) is 14.9. The Hall–Kier alpha value is -0.680. The SMILES string of the molecule is CCCCCCCCCCCCOc1cc(CP(=O)(OCC)OCC)ccc1CP(=O)(OCC)OCC. The van der Waals surface area contributed by atoms with E-state index >= 15 is 0 Å². The molecule has 216 valence electrons. The maximum absolute atomic E-state index is 13.2. The van der Waals surface area contributed by atoms with Gasteiger partial charge in [0.05, 0.1) is 45.4 Å². The van der Waals surface area contributed by atoms with Crippen molar-refractivity contribution in [3.05, 3.63) is 29.3 Å². The Morgan fingerprint density at radius 1 is 0.595 bits per heavy atom. The lowest BCUT2D eigenvalue weighted by atomic mass is 10.1. The molecule has 0 saturated carbocycles. The molecular weight excluding hydrogens is 510 g/mol. The monoisotopic (exact) mass is 562 g/mol. The zero-order chi connectivity index (χ0) is 27.4. The minimum Gasteiger partial charge on any atom is -0.493 e. The van der Waals surface area contributed by atoms with Gasteiger partial charge in [-0.2, -0.15) is 0 Å². The Morgan fingerprint density at radius 2 is 1.05 bits per heavy atom. The van der Waals surface area contributed by atoms with Crippen LogP contribution in [0.4, 0.5) is 0 Å². The van der Waals surface area contributed by atoms with Gasteiger partial charge in [0.1, 0.15) is 5.75 Å². The molecule has 0 aliphatic rings. The van der Waals surface area contributed by atoms with Gasteiger partial charge in [0.2, 0.25) is 0 Å². The van der Waals surface area contributed by atoms with Crippen molar-refractivity contribution in [1.82, 2.24) is 0 Å². The summed E-state index contributed by atoms with van der Waals surface area (Å²) in [7, 11) is -6.55. The standard InChI is InChI=1S/C28H52O7P2/c1-6-11-12-13-14-15-16-17-18-19-22-31-28-23-26(24-36(29,32-7-2)33-8-3)20-21-27(28)25-37(30,34-9-4)35-10-5/h20-21,23H,6-19,22,24-25H2,1-5H3. The molecule has 0 spiro atoms. The largest absolute Gasteiger partial charge is 0.493 e. The molecule has 0 aliphatic heterocycles. The first-order valence-electron chi connectivity index (χ1n) is 14.4. The molecule has 0 bridgehead atoms. The molecule has 37 heavy (non-hydrogen) atoms. The number of hydrogen-bond acceptors (Lipinski definition) is 7. The average molecular weight is 563 g/mol. The van der Waals surface area contributed by atoms with Crippen LogP contribution in [0.2, 0.25) is 0 Å². The quantitative estimate of drug-likeness (QED) is 0.0917. The molecule has 9 heteroatoms. The van der Waals surface area contributed by atoms with Crippen LogP contribution in [0.1, 0.15) is 110 Å². The molecule has 0 N–H and O–H groups in total. The normalized spacial score (nSPS) is 12.2. The van der Waals surface area contributed by atoms with Gasteiger partial charge < -0.3 is 22.8 Å². The van der Waals surface area contributed by atoms with Crippen molar-refractivity contribution < 1.29 is 32.0 Å². The van der Waals surface area contributed by atoms with E-state index in [2.05, 4.69) is 6.92 Å². The molecule has 1 aromatic rings. The fourth-order valence-electron chi connectivity index (χ4n) is 4.21. The second-order valence-electron chi connectivity index (χ2n) is 9.18. The second-order valence-corrected chi connectivity index (χ2v) is 13.3. The van der Waals surface area contributed by atoms with Gasteiger partial charge in [-0.1, -0.05) is 76.8 Å². The minimum atomic E-state index is -3.30. The third-order valence-corrected chi connectivity index (χ3v) is 10.0. The summed E-state index contributed by atoms with van der Waals surface area (Å²) in [6.45, 7) is 11.2. The summed E-state index contributed by atoms with van der Waals surface area (Å²) in [5, 5.41) is 0. The number of ether oxygens (including phenoxy) is 1. The van der Waals surface area contributed by atoms with E-state index in [4.69, 9.17) is 22.8 Å². The van der Waals surface area contributed by atoms with E-state index in [9.17, 15) is 9.13 Å². The van der Waals surface area contributed by atoms with Crippen LogP contribution in [0, 0.1) is 0 Å². The Morgan fingerprint density at radius 3 is 1.54 bits per heavy atom. The van der Waals surface area contributed by atoms with Crippen molar-refractivity contribution in [3.63, 3.8) is 0 Å². The van der Waals surface area contributed by atoms with Gasteiger partial charge in [0.15, 0.2) is 0 Å². The van der Waals surface area contributed by atoms with Crippen LogP contribution in [0.3, 0.4) is 0 Å². The van der Waals surface area contributed by atoms with Crippen molar-refractivity contribution in [2.75, 3.05) is 33.0 Å². The topological polar surface area (TPSA) is 80.3 Å². The van der Waals surface area contributed by atoms with Crippen molar-refractivity contribution >= 4 is 15.2 Å². The van der Waals surface area contributed by atoms with Crippen molar-refractivity contribution in [1.29, 1.82) is 0 Å². The zero-order valence-electron chi connectivity index (χ0n) is 24.0. The summed E-state index contributed by atoms with van der Waals surface area (Å²) >= 11 is 0. The number of benzene rings is 1. The lowest BCUT2D eigenvalue weighted by molar-refractivity contribution is 0.217. The van der Waals surface area contributed by atoms with Crippen molar-refractivity contribution in [2.45, 2.75) is 111 Å². The van der Waals surface area contributed by atoms with Gasteiger partial charge in [-0.15, -0.1) is 0 Å². The highest BCUT2D eigenvalue weighted by atomic mass is 31.2. The highest BCUT2D eigenvalue weighted by Gasteiger charge is 2.28. The van der Waals surface area contributed by atoms with Gasteiger partial charge in [-0.3, -0.25) is 9.13 Å². The van der Waals surface area contributed by atoms with E-state index in [-0.39, 0.29) is 12.3 Å². The van der Waals surface area contributed by atoms with E-state index in [1.807, 2.05) is 18.2 Å². The molecule has 0 amide bonds. The van der Waals surface area contributed by atoms with Crippen LogP contribution < -0.4 is 4.74 Å². The van der Waals surface area contributed by atoms with E-state index in [1.165, 1.54) is 51.4 Å². The third-order valence-electron chi connectivity index (χ3n) is 5.93. The lowest BCUT2D eigenvalue weighted by Crippen LogP contribution is -2.05. The summed E-state index contributed by atoms with van der Waals surface area (Å²) in [6.07, 6.45) is 12.8. The fourth-order valence-corrected chi connectivity index (χ4v) is 7.62. The fraction of sp³-hybridized carbons (Fsp3) is 0.786. The van der Waals surface area contributed by atoms with Crippen molar-refractivity contribution in [2.24, 2.45) is 0 Å². The molecule has 7 nitrogen and oxygen atoms in total. The first kappa shape index (κ1) is 34.3. The van der Waals surface area contributed by atoms with Crippen LogP contribution in [0.25, 0.3) is 0 Å². The summed E-state index contributed by atoms with van der Waals surface area (Å²) in [5.41, 5.74) is 1.54. The maximum atomic E-state index is 13.2. The minimum absolute atomic E-state index is 0.122. The summed E-state index contributed by atoms with van der Waals surface area (Å²) < 4.78 is 54.4. The van der Waals surface area contributed by atoms with Gasteiger partial charge in [0, 0.05) is 5.56 Å². The van der Waals surface area contributed by atoms with E-state index in [1.54, 1.807) is 27.7 Å². The molecule has 1 aromatic carbocycles. The predicted molar refractivity (Wildman–Crippen MR) is 153 cm³/mol. The lowest BCUT2D eigenvalue weighted by Gasteiger charge is -2.21. The van der Waals surface area contributed by atoms with E-state index in [0.29, 0.717) is 38.8 Å². The van der Waals surface area contributed by atoms with Crippen molar-refractivity contribution in [3.8, 4) is 5.75 Å². The van der Waals surface area contributed by atoms with Gasteiger partial charge in [-0.05, 0) is 45.7 Å². The van der Waals surface area contributed by atoms with Gasteiger partial charge in [-0.25, -0.2) is 0 Å². The molecule has 0 saturated heterocycles. The number of hydrogen-bond donors (Lipinski definition) is 0. The Balaban J connectivity index is 2.82. The molecule has 0 aliphatic carbocycles. The van der Waals surface area contributed by atoms with Crippen LogP contribution in [-0.4, -0.2) is 33.0 Å². The van der Waals surface area contributed by atoms with Crippen LogP contribution in [0.5, 0.6) is 5.75 Å². The average Bonchev–Trinajstić information content (AvgIpc) is 2.84. The maximum Gasteiger partial charge on any atom is 0.335 e. The Labute approximate surface area is 226 Å². The summed E-state index contributed by atoms with van der Waals surface area (Å²) in [5.74, 6) is 0.618. The Bertz CT molecular complexity index is 796. The smallest absolute Gasteiger partial charge is 0.335 e. The predicted octanol–water partition coefficient (Wildman–Crippen LogP) is 9.52. The molecule has 0 unspecified atom stereocenters. The molecular formula is C28H52O7P2. The zero-order valence-corrected chi connectivity index (χ0v) is 25.8. The van der Waals surface area contributed by atoms with Crippen LogP contribution >= 0.6 is 15.2 Å². The number of rotatable bonds is 24. The van der Waals surface area contributed by atoms with E-state index in [0.717, 1.165) is 24.0 Å². The molecule has 0 fully saturated rings. The van der Waals surface area contributed by atoms with Gasteiger partial charge in [0.25, 0.3) is 0 Å². The van der Waals surface area contributed by atoms with E-state index < -0.39 is 15.2 Å². The van der Waals surface area contributed by atoms with Crippen LogP contribution in [-0.2, 0) is 39.5 Å². The molecule has 0 heterocycles. The molecule has 0 aromatic heterocycles. The highest BCUT2D eigenvalue weighted by molar-refractivity contribution is 7.53. The molecule has 1 rings (SSSR count). The molecule has 0 atom stereocenters. The first-order chi connectivity index (χ1) is 17.8. The highest BCUT2D eigenvalue weighted by Crippen LogP contribution is 2.54. The van der Waals surface area contributed by atoms with Crippen LogP contribution in [0.15, 0.2) is 18.2 Å². The summed E-state index contributed by atoms with van der Waals surface area (Å²) in [6, 6.07) is 5.57. The first-order valence-corrected chi connectivity index (χ1v) is 17.8. The van der Waals surface area contributed by atoms with Gasteiger partial charge >= 0.3 is 15.2 Å². The second kappa shape index (κ2) is 20.3.